The Hall–Kier alpha value is 1.02. The monoisotopic (exact) mass is 230 g/mol. The predicted octanol–water partition coefficient (Wildman–Crippen LogP) is 0.801. The Bertz CT molecular complexity index is 98.3. The number of hydrogen-bond donors (Lipinski definition) is 0. The van der Waals surface area contributed by atoms with Gasteiger partial charge in [-0.05, 0) is 26.9 Å². The molecule has 0 aromatic carbocycles. The van der Waals surface area contributed by atoms with Crippen molar-refractivity contribution in [2.45, 2.75) is 19.9 Å². The van der Waals surface area contributed by atoms with Gasteiger partial charge in [0.15, 0.2) is 0 Å². The third kappa shape index (κ3) is 3.98. The van der Waals surface area contributed by atoms with Crippen molar-refractivity contribution in [1.29, 1.82) is 0 Å². The van der Waals surface area contributed by atoms with E-state index in [-0.39, 0.29) is 32.7 Å². The molecule has 11 heavy (non-hydrogen) atoms. The number of hydrogen-bond acceptors (Lipinski definition) is 2. The Morgan fingerprint density at radius 1 is 1.09 bits per heavy atom. The zero-order valence-electron chi connectivity index (χ0n) is 7.58. The molecule has 1 saturated heterocycles. The second kappa shape index (κ2) is 5.63. The maximum Gasteiger partial charge on any atom is 0.00884 e. The van der Waals surface area contributed by atoms with Gasteiger partial charge in [0.05, 0.1) is 0 Å². The van der Waals surface area contributed by atoms with Gasteiger partial charge in [0.1, 0.15) is 0 Å². The molecule has 1 heterocycles. The number of nitrogens with zero attached hydrogens (tertiary/aromatic N) is 2. The van der Waals surface area contributed by atoms with E-state index in [0.717, 1.165) is 13.1 Å². The quantitative estimate of drug-likeness (QED) is 0.615. The van der Waals surface area contributed by atoms with Crippen LogP contribution < -0.4 is 0 Å². The molecule has 2 nitrogen and oxygen atoms in total. The van der Waals surface area contributed by atoms with E-state index in [9.17, 15) is 0 Å². The van der Waals surface area contributed by atoms with Crippen molar-refractivity contribution in [3.8, 4) is 0 Å². The van der Waals surface area contributed by atoms with Gasteiger partial charge in [-0.2, -0.15) is 0 Å². The second-order valence-corrected chi connectivity index (χ2v) is 3.25. The summed E-state index contributed by atoms with van der Waals surface area (Å²) >= 11 is 0. The van der Waals surface area contributed by atoms with E-state index in [1.165, 1.54) is 13.1 Å². The molecular weight excluding hydrogens is 213 g/mol. The SMILES string of the molecule is [CH2-]N1CCN(C(C)C)CC1.[Y]. The van der Waals surface area contributed by atoms with Gasteiger partial charge in [0.2, 0.25) is 0 Å². The minimum absolute atomic E-state index is 0. The van der Waals surface area contributed by atoms with Crippen LogP contribution >= 0.6 is 0 Å². The summed E-state index contributed by atoms with van der Waals surface area (Å²) < 4.78 is 0. The van der Waals surface area contributed by atoms with Crippen molar-refractivity contribution in [2.75, 3.05) is 26.2 Å². The molecule has 0 aromatic heterocycles. The summed E-state index contributed by atoms with van der Waals surface area (Å²) in [5.74, 6) is 0. The standard InChI is InChI=1S/C8H17N2.Y/c1-8(2)10-6-4-9(3)5-7-10;/h8H,3-7H2,1-2H3;/q-1;. The van der Waals surface area contributed by atoms with Gasteiger partial charge in [-0.3, -0.25) is 11.9 Å². The summed E-state index contributed by atoms with van der Waals surface area (Å²) in [6, 6.07) is 0.702. The molecule has 0 N–H and O–H groups in total. The van der Waals surface area contributed by atoms with Gasteiger partial charge in [-0.1, -0.05) is 0 Å². The van der Waals surface area contributed by atoms with Crippen LogP contribution in [0.2, 0.25) is 0 Å². The summed E-state index contributed by atoms with van der Waals surface area (Å²) in [6.45, 7) is 9.11. The summed E-state index contributed by atoms with van der Waals surface area (Å²) in [4.78, 5) is 4.63. The average Bonchev–Trinajstić information content (AvgIpc) is 1.88. The first-order valence-electron chi connectivity index (χ1n) is 3.99. The maximum absolute atomic E-state index is 3.90. The van der Waals surface area contributed by atoms with Crippen molar-refractivity contribution in [3.63, 3.8) is 0 Å². The van der Waals surface area contributed by atoms with Gasteiger partial charge >= 0.3 is 0 Å². The van der Waals surface area contributed by atoms with E-state index in [1.807, 2.05) is 0 Å². The molecule has 1 radical (unpaired) electrons. The predicted molar refractivity (Wildman–Crippen MR) is 43.6 cm³/mol. The molecule has 1 fully saturated rings. The van der Waals surface area contributed by atoms with Crippen molar-refractivity contribution < 1.29 is 32.7 Å². The molecule has 0 saturated carbocycles. The fourth-order valence-corrected chi connectivity index (χ4v) is 1.28. The Balaban J connectivity index is 0.000001000. The molecule has 1 rings (SSSR count). The molecule has 0 unspecified atom stereocenters. The molecule has 0 spiro atoms. The van der Waals surface area contributed by atoms with E-state index in [2.05, 4.69) is 30.7 Å². The fraction of sp³-hybridized carbons (Fsp3) is 0.875. The minimum Gasteiger partial charge on any atom is -0.457 e. The number of piperazine rings is 1. The topological polar surface area (TPSA) is 6.48 Å². The van der Waals surface area contributed by atoms with E-state index >= 15 is 0 Å². The van der Waals surface area contributed by atoms with E-state index in [1.54, 1.807) is 0 Å². The fourth-order valence-electron chi connectivity index (χ4n) is 1.28. The van der Waals surface area contributed by atoms with Crippen molar-refractivity contribution in [1.82, 2.24) is 9.80 Å². The van der Waals surface area contributed by atoms with Crippen molar-refractivity contribution in [2.24, 2.45) is 0 Å². The normalized spacial score (nSPS) is 21.8. The van der Waals surface area contributed by atoms with Gasteiger partial charge in [0.25, 0.3) is 0 Å². The Kier molecular flexibility index (Phi) is 6.16. The first-order valence-corrected chi connectivity index (χ1v) is 3.99. The van der Waals surface area contributed by atoms with E-state index < -0.39 is 0 Å². The van der Waals surface area contributed by atoms with Crippen LogP contribution in [-0.2, 0) is 32.7 Å². The van der Waals surface area contributed by atoms with E-state index in [4.69, 9.17) is 0 Å². The summed E-state index contributed by atoms with van der Waals surface area (Å²) in [5.41, 5.74) is 0. The third-order valence-corrected chi connectivity index (χ3v) is 2.14. The molecule has 1 aliphatic rings. The number of rotatable bonds is 1. The van der Waals surface area contributed by atoms with Crippen molar-refractivity contribution in [3.05, 3.63) is 7.05 Å². The van der Waals surface area contributed by atoms with Crippen LogP contribution in [0.3, 0.4) is 0 Å². The van der Waals surface area contributed by atoms with Crippen LogP contribution in [0.15, 0.2) is 0 Å². The first kappa shape index (κ1) is 12.0. The smallest absolute Gasteiger partial charge is 0.00884 e. The Labute approximate surface area is 95.2 Å². The average molecular weight is 230 g/mol. The zero-order chi connectivity index (χ0) is 7.56. The molecule has 0 bridgehead atoms. The summed E-state index contributed by atoms with van der Waals surface area (Å²) in [7, 11) is 3.90. The first-order chi connectivity index (χ1) is 4.70. The van der Waals surface area contributed by atoms with Crippen LogP contribution in [0.5, 0.6) is 0 Å². The second-order valence-electron chi connectivity index (χ2n) is 3.25. The third-order valence-electron chi connectivity index (χ3n) is 2.14. The largest absolute Gasteiger partial charge is 0.457 e. The Morgan fingerprint density at radius 3 is 1.91 bits per heavy atom. The molecule has 0 aromatic rings. The summed E-state index contributed by atoms with van der Waals surface area (Å²) in [5, 5.41) is 0. The molecule has 1 aliphatic heterocycles. The van der Waals surface area contributed by atoms with Crippen LogP contribution in [0.25, 0.3) is 0 Å². The van der Waals surface area contributed by atoms with Crippen LogP contribution in [-0.4, -0.2) is 42.0 Å². The maximum atomic E-state index is 3.90. The van der Waals surface area contributed by atoms with Crippen LogP contribution in [0.1, 0.15) is 13.8 Å². The van der Waals surface area contributed by atoms with Crippen LogP contribution in [0.4, 0.5) is 0 Å². The Morgan fingerprint density at radius 2 is 1.55 bits per heavy atom. The molecule has 0 aliphatic carbocycles. The minimum atomic E-state index is 0. The van der Waals surface area contributed by atoms with Crippen LogP contribution in [0, 0.1) is 7.05 Å². The van der Waals surface area contributed by atoms with Crippen molar-refractivity contribution >= 4 is 0 Å². The van der Waals surface area contributed by atoms with Gasteiger partial charge < -0.3 is 4.90 Å². The molecule has 3 heteroatoms. The summed E-state index contributed by atoms with van der Waals surface area (Å²) in [6.07, 6.45) is 0. The molecule has 0 amide bonds. The van der Waals surface area contributed by atoms with E-state index in [0.29, 0.717) is 6.04 Å². The molecular formula is C8H17N2Y-. The van der Waals surface area contributed by atoms with Gasteiger partial charge in [-0.15, -0.1) is 0 Å². The zero-order valence-corrected chi connectivity index (χ0v) is 10.4. The van der Waals surface area contributed by atoms with Gasteiger partial charge in [-0.25, -0.2) is 0 Å². The molecule has 0 atom stereocenters. The molecule has 63 valence electrons. The van der Waals surface area contributed by atoms with Gasteiger partial charge in [0, 0.05) is 51.8 Å².